The number of fused-ring (bicyclic) bond motifs is 1. The number of aryl methyl sites for hydroxylation is 2. The van der Waals surface area contributed by atoms with E-state index in [2.05, 4.69) is 46.7 Å². The molecule has 3 heterocycles. The number of piperidine rings is 1. The van der Waals surface area contributed by atoms with E-state index in [-0.39, 0.29) is 18.1 Å². The van der Waals surface area contributed by atoms with Crippen molar-refractivity contribution in [2.24, 2.45) is 0 Å². The van der Waals surface area contributed by atoms with Crippen LogP contribution in [0.4, 0.5) is 10.5 Å². The van der Waals surface area contributed by atoms with Gasteiger partial charge in [0.15, 0.2) is 6.23 Å². The minimum absolute atomic E-state index is 0.0671. The maximum atomic E-state index is 13.1. The van der Waals surface area contributed by atoms with E-state index in [1.165, 1.54) is 0 Å². The summed E-state index contributed by atoms with van der Waals surface area (Å²) in [5.74, 6) is 0.848. The quantitative estimate of drug-likeness (QED) is 0.258. The topological polar surface area (TPSA) is 118 Å². The fraction of sp³-hybridized carbons (Fsp3) is 0.583. The molecular formula is C36H55N6O5+. The summed E-state index contributed by atoms with van der Waals surface area (Å²) in [5.41, 5.74) is 5.06. The fourth-order valence-corrected chi connectivity index (χ4v) is 7.24. The number of amides is 2. The molecule has 11 nitrogen and oxygen atoms in total. The van der Waals surface area contributed by atoms with E-state index in [1.807, 2.05) is 55.1 Å². The summed E-state index contributed by atoms with van der Waals surface area (Å²) in [7, 11) is 3.52. The Morgan fingerprint density at radius 1 is 1.04 bits per heavy atom. The summed E-state index contributed by atoms with van der Waals surface area (Å²) in [4.78, 5) is 21.2. The third-order valence-corrected chi connectivity index (χ3v) is 10.0. The number of nitrogens with zero attached hydrogens (tertiary/aromatic N) is 4. The number of likely N-dealkylation sites (N-methyl/N-ethyl adjacent to an activating group) is 1. The third kappa shape index (κ3) is 8.84. The molecule has 3 aliphatic heterocycles. The zero-order chi connectivity index (χ0) is 33.5. The minimum Gasteiger partial charge on any atom is -0.496 e. The molecule has 5 N–H and O–H groups in total. The average molecular weight is 652 g/mol. The van der Waals surface area contributed by atoms with Gasteiger partial charge in [-0.1, -0.05) is 36.4 Å². The number of para-hydroxylation sites is 1. The molecule has 2 aromatic rings. The Hall–Kier alpha value is -3.19. The number of carbonyl (C=O) groups excluding carboxylic acids is 1. The number of rotatable bonds is 12. The lowest BCUT2D eigenvalue weighted by Gasteiger charge is -2.40. The number of ether oxygens (including phenoxy) is 2. The molecule has 0 saturated carbocycles. The van der Waals surface area contributed by atoms with Crippen LogP contribution in [0.1, 0.15) is 42.0 Å². The van der Waals surface area contributed by atoms with Gasteiger partial charge in [-0.15, -0.1) is 0 Å². The highest BCUT2D eigenvalue weighted by atomic mass is 16.6. The zero-order valence-corrected chi connectivity index (χ0v) is 28.8. The number of hydrogen-bond donors (Lipinski definition) is 4. The van der Waals surface area contributed by atoms with Crippen molar-refractivity contribution in [2.45, 2.75) is 77.3 Å². The van der Waals surface area contributed by atoms with Crippen LogP contribution in [-0.2, 0) is 17.6 Å². The van der Waals surface area contributed by atoms with Gasteiger partial charge in [-0.05, 0) is 74.6 Å². The van der Waals surface area contributed by atoms with Crippen LogP contribution in [0.25, 0.3) is 0 Å². The van der Waals surface area contributed by atoms with Crippen LogP contribution in [0.5, 0.6) is 5.75 Å². The Morgan fingerprint density at radius 3 is 2.40 bits per heavy atom. The molecule has 2 saturated heterocycles. The standard InChI is InChI=1S/C36H54N6O5/c1-25-22-28(23-26(2)33(25)46-5)24-32(34(43)39(4)16-10-27(3)40-20-14-37-15-21-40)47-36(45)41-17-12-30(13-18-41)42-19-11-29-8-6-7-9-31(29)38-35(42)44/h6-10,16,22-23,27,30,32,34,36-37,43,45H,11-15,17-21,24H2,1-5H3,(H,38,44)/p+1. The summed E-state index contributed by atoms with van der Waals surface area (Å²) in [6.07, 6.45) is 3.81. The molecule has 47 heavy (non-hydrogen) atoms. The van der Waals surface area contributed by atoms with Crippen LogP contribution in [0.3, 0.4) is 0 Å². The van der Waals surface area contributed by atoms with E-state index >= 15 is 0 Å². The molecule has 0 aromatic heterocycles. The largest absolute Gasteiger partial charge is 0.496 e. The molecule has 3 aliphatic rings. The van der Waals surface area contributed by atoms with E-state index in [1.54, 1.807) is 12.0 Å². The summed E-state index contributed by atoms with van der Waals surface area (Å²) in [5, 5.41) is 28.4. The van der Waals surface area contributed by atoms with Gasteiger partial charge >= 0.3 is 6.03 Å². The first-order chi connectivity index (χ1) is 22.6. The van der Waals surface area contributed by atoms with Gasteiger partial charge in [0, 0.05) is 64.0 Å². The van der Waals surface area contributed by atoms with Gasteiger partial charge in [0.05, 0.1) is 20.2 Å². The van der Waals surface area contributed by atoms with Gasteiger partial charge in [-0.25, -0.2) is 4.79 Å². The number of methoxy groups -OCH3 is 1. The van der Waals surface area contributed by atoms with Crippen molar-refractivity contribution < 1.29 is 29.8 Å². The summed E-state index contributed by atoms with van der Waals surface area (Å²) in [6, 6.07) is 12.3. The molecule has 2 fully saturated rings. The van der Waals surface area contributed by atoms with E-state index in [0.717, 1.165) is 79.1 Å². The van der Waals surface area contributed by atoms with Crippen LogP contribution >= 0.6 is 0 Å². The average Bonchev–Trinajstić information content (AvgIpc) is 3.24. The van der Waals surface area contributed by atoms with Crippen LogP contribution in [0.15, 0.2) is 48.7 Å². The maximum absolute atomic E-state index is 13.1. The van der Waals surface area contributed by atoms with Crippen molar-refractivity contribution in [3.05, 3.63) is 70.9 Å². The van der Waals surface area contributed by atoms with Gasteiger partial charge in [-0.3, -0.25) is 9.80 Å². The zero-order valence-electron chi connectivity index (χ0n) is 28.8. The number of aliphatic hydroxyl groups is 2. The lowest BCUT2D eigenvalue weighted by Crippen LogP contribution is -2.90. The number of hydrogen-bond acceptors (Lipinski definition) is 8. The molecule has 2 aromatic carbocycles. The number of likely N-dealkylation sites (tertiary alicyclic amines) is 1. The van der Waals surface area contributed by atoms with Crippen LogP contribution < -0.4 is 15.4 Å². The second-order valence-corrected chi connectivity index (χ2v) is 13.3. The molecule has 11 heteroatoms. The molecule has 2 amide bonds. The Balaban J connectivity index is 1.23. The number of nitrogens with one attached hydrogen (secondary N) is 1. The van der Waals surface area contributed by atoms with Crippen LogP contribution in [0, 0.1) is 13.8 Å². The van der Waals surface area contributed by atoms with Gasteiger partial charge < -0.3 is 40.1 Å². The second kappa shape index (κ2) is 16.3. The molecular weight excluding hydrogens is 596 g/mol. The molecule has 0 bridgehead atoms. The number of quaternary nitrogens is 1. The van der Waals surface area contributed by atoms with E-state index in [0.29, 0.717) is 26.1 Å². The smallest absolute Gasteiger partial charge is 0.322 e. The molecule has 258 valence electrons. The number of urea groups is 1. The normalized spacial score (nSPS) is 21.1. The first kappa shape index (κ1) is 35.1. The van der Waals surface area contributed by atoms with Crippen molar-refractivity contribution in [3.8, 4) is 5.75 Å². The van der Waals surface area contributed by atoms with E-state index < -0.39 is 18.7 Å². The van der Waals surface area contributed by atoms with Gasteiger partial charge in [-0.2, -0.15) is 0 Å². The molecule has 0 spiro atoms. The maximum Gasteiger partial charge on any atom is 0.322 e. The van der Waals surface area contributed by atoms with E-state index in [4.69, 9.17) is 9.47 Å². The first-order valence-corrected chi connectivity index (χ1v) is 17.2. The number of carbonyl (C=O) groups is 1. The number of benzene rings is 2. The lowest BCUT2D eigenvalue weighted by molar-refractivity contribution is -0.663. The molecule has 0 aliphatic carbocycles. The molecule has 5 rings (SSSR count). The van der Waals surface area contributed by atoms with Crippen LogP contribution in [-0.4, -0.2) is 127 Å². The Morgan fingerprint density at radius 2 is 1.72 bits per heavy atom. The van der Waals surface area contributed by atoms with Gasteiger partial charge in [0.1, 0.15) is 11.9 Å². The fourth-order valence-electron chi connectivity index (χ4n) is 7.24. The van der Waals surface area contributed by atoms with Crippen molar-refractivity contribution >= 4 is 11.7 Å². The molecule has 4 atom stereocenters. The summed E-state index contributed by atoms with van der Waals surface area (Å²) >= 11 is 0. The summed E-state index contributed by atoms with van der Waals surface area (Å²) in [6.45, 7) is 12.3. The second-order valence-electron chi connectivity index (χ2n) is 13.3. The number of aliphatic hydroxyl groups excluding tert-OH is 2. The molecule has 4 unspecified atom stereocenters. The lowest BCUT2D eigenvalue weighted by atomic mass is 10.00. The SMILES string of the molecule is COc1c(C)cc(CC(OC(O)N2CCC(N3CCc4ccccc4NC3=O)CC2)C(O)N(C)C=CC(C)N2CC[NH2+]CC2)cc1C. The van der Waals surface area contributed by atoms with Crippen molar-refractivity contribution in [1.82, 2.24) is 19.6 Å². The van der Waals surface area contributed by atoms with Crippen molar-refractivity contribution in [3.63, 3.8) is 0 Å². The van der Waals surface area contributed by atoms with Crippen molar-refractivity contribution in [1.29, 1.82) is 0 Å². The predicted octanol–water partition coefficient (Wildman–Crippen LogP) is 2.10. The Kier molecular flexibility index (Phi) is 12.2. The number of piperazine rings is 1. The summed E-state index contributed by atoms with van der Waals surface area (Å²) < 4.78 is 11.9. The van der Waals surface area contributed by atoms with Gasteiger partial charge in [0.2, 0.25) is 6.41 Å². The Labute approximate surface area is 280 Å². The molecule has 0 radical (unpaired) electrons. The highest BCUT2D eigenvalue weighted by Gasteiger charge is 2.34. The Bertz CT molecular complexity index is 1340. The predicted molar refractivity (Wildman–Crippen MR) is 183 cm³/mol. The third-order valence-electron chi connectivity index (χ3n) is 10.0. The number of anilines is 1. The van der Waals surface area contributed by atoms with Gasteiger partial charge in [0.25, 0.3) is 0 Å². The monoisotopic (exact) mass is 651 g/mol. The van der Waals surface area contributed by atoms with E-state index in [9.17, 15) is 15.0 Å². The first-order valence-electron chi connectivity index (χ1n) is 17.2. The highest BCUT2D eigenvalue weighted by molar-refractivity contribution is 5.91. The minimum atomic E-state index is -1.20. The number of nitrogens with two attached hydrogens (primary N) is 1. The van der Waals surface area contributed by atoms with Crippen molar-refractivity contribution in [2.75, 3.05) is 65.3 Å². The van der Waals surface area contributed by atoms with Crippen LogP contribution in [0.2, 0.25) is 0 Å². The highest BCUT2D eigenvalue weighted by Crippen LogP contribution is 2.28.